The Bertz CT molecular complexity index is 233. The van der Waals surface area contributed by atoms with Gasteiger partial charge in [-0.2, -0.15) is 0 Å². The number of carbonyl (C=O) groups excluding carboxylic acids is 2. The van der Waals surface area contributed by atoms with E-state index in [0.717, 1.165) is 0 Å². The number of carboxylic acid groups (broad SMARTS) is 1. The highest BCUT2D eigenvalue weighted by Gasteiger charge is 2.22. The molecule has 0 bridgehead atoms. The molecule has 0 aliphatic heterocycles. The fraction of sp³-hybridized carbons (Fsp3) is 0.667. The summed E-state index contributed by atoms with van der Waals surface area (Å²) < 4.78 is 9.13. The van der Waals surface area contributed by atoms with Gasteiger partial charge in [-0.25, -0.2) is 4.79 Å². The number of methoxy groups -OCH3 is 1. The molecule has 0 aliphatic rings. The van der Waals surface area contributed by atoms with E-state index in [1.54, 1.807) is 0 Å². The first-order valence-electron chi connectivity index (χ1n) is 4.36. The lowest BCUT2D eigenvalue weighted by Gasteiger charge is -2.08. The van der Waals surface area contributed by atoms with Gasteiger partial charge < -0.3 is 14.6 Å². The van der Waals surface area contributed by atoms with E-state index in [1.807, 2.05) is 0 Å². The highest BCUT2D eigenvalue weighted by molar-refractivity contribution is 5.96. The van der Waals surface area contributed by atoms with Crippen molar-refractivity contribution in [3.8, 4) is 0 Å². The van der Waals surface area contributed by atoms with Gasteiger partial charge in [0, 0.05) is 6.61 Å². The molecule has 1 N–H and O–H groups in total. The van der Waals surface area contributed by atoms with Gasteiger partial charge in [0.15, 0.2) is 0 Å². The van der Waals surface area contributed by atoms with E-state index in [2.05, 4.69) is 4.74 Å². The molecule has 0 aromatic rings. The van der Waals surface area contributed by atoms with Crippen LogP contribution in [0.5, 0.6) is 0 Å². The number of hydrogen-bond donors (Lipinski definition) is 1. The van der Waals surface area contributed by atoms with Crippen LogP contribution in [0.3, 0.4) is 0 Å². The molecule has 6 heteroatoms. The van der Waals surface area contributed by atoms with Crippen LogP contribution >= 0.6 is 0 Å². The van der Waals surface area contributed by atoms with Gasteiger partial charge in [-0.1, -0.05) is 0 Å². The zero-order valence-corrected chi connectivity index (χ0v) is 8.69. The number of ketones is 1. The molecule has 0 rings (SSSR count). The second kappa shape index (κ2) is 6.94. The van der Waals surface area contributed by atoms with Crippen molar-refractivity contribution >= 4 is 17.7 Å². The third-order valence-electron chi connectivity index (χ3n) is 1.79. The van der Waals surface area contributed by atoms with Crippen LogP contribution in [0, 0.1) is 5.92 Å². The van der Waals surface area contributed by atoms with Crippen LogP contribution in [0.2, 0.25) is 0 Å². The Balaban J connectivity index is 3.77. The predicted octanol–water partition coefficient (Wildman–Crippen LogP) is -0.144. The third-order valence-corrected chi connectivity index (χ3v) is 1.79. The Morgan fingerprint density at radius 1 is 1.33 bits per heavy atom. The van der Waals surface area contributed by atoms with E-state index in [0.29, 0.717) is 0 Å². The summed E-state index contributed by atoms with van der Waals surface area (Å²) in [5.74, 6) is -3.21. The van der Waals surface area contributed by atoms with Gasteiger partial charge in [0.2, 0.25) is 0 Å². The van der Waals surface area contributed by atoms with Crippen molar-refractivity contribution in [2.24, 2.45) is 5.92 Å². The third kappa shape index (κ3) is 5.79. The van der Waals surface area contributed by atoms with Crippen LogP contribution in [-0.2, 0) is 23.9 Å². The molecule has 86 valence electrons. The predicted molar refractivity (Wildman–Crippen MR) is 49.3 cm³/mol. The molecule has 0 saturated heterocycles. The zero-order chi connectivity index (χ0) is 11.8. The smallest absolute Gasteiger partial charge is 0.331 e. The molecule has 0 fully saturated rings. The summed E-state index contributed by atoms with van der Waals surface area (Å²) >= 11 is 0. The first-order valence-corrected chi connectivity index (χ1v) is 4.36. The van der Waals surface area contributed by atoms with E-state index >= 15 is 0 Å². The molecular weight excluding hydrogens is 204 g/mol. The molecule has 0 amide bonds. The van der Waals surface area contributed by atoms with E-state index in [9.17, 15) is 14.4 Å². The standard InChI is InChI=1S/C9H14O6/c1-6(10)7(9(12)13)3-4-15-5-8(11)14-2/h7H,3-5H2,1-2H3,(H,12,13). The molecule has 0 aromatic carbocycles. The van der Waals surface area contributed by atoms with Gasteiger partial charge in [-0.05, 0) is 13.3 Å². The van der Waals surface area contributed by atoms with Crippen LogP contribution in [0.4, 0.5) is 0 Å². The molecule has 1 atom stereocenters. The Morgan fingerprint density at radius 2 is 1.93 bits per heavy atom. The van der Waals surface area contributed by atoms with Crippen molar-refractivity contribution in [3.63, 3.8) is 0 Å². The first kappa shape index (κ1) is 13.6. The van der Waals surface area contributed by atoms with E-state index < -0.39 is 23.6 Å². The number of hydrogen-bond acceptors (Lipinski definition) is 5. The zero-order valence-electron chi connectivity index (χ0n) is 8.69. The maximum atomic E-state index is 10.8. The minimum atomic E-state index is -1.18. The summed E-state index contributed by atoms with van der Waals surface area (Å²) in [5, 5.41) is 8.63. The average molecular weight is 218 g/mol. The minimum absolute atomic E-state index is 0.0334. The monoisotopic (exact) mass is 218 g/mol. The fourth-order valence-corrected chi connectivity index (χ4v) is 0.916. The van der Waals surface area contributed by atoms with Gasteiger partial charge in [0.1, 0.15) is 18.3 Å². The molecule has 6 nitrogen and oxygen atoms in total. The molecule has 1 unspecified atom stereocenters. The number of carbonyl (C=O) groups is 3. The lowest BCUT2D eigenvalue weighted by atomic mass is 10.0. The summed E-state index contributed by atoms with van der Waals surface area (Å²) in [7, 11) is 1.22. The van der Waals surface area contributed by atoms with Crippen LogP contribution in [0.1, 0.15) is 13.3 Å². The number of carboxylic acids is 1. The van der Waals surface area contributed by atoms with Crippen molar-refractivity contribution < 1.29 is 29.0 Å². The molecule has 0 spiro atoms. The quantitative estimate of drug-likeness (QED) is 0.363. The van der Waals surface area contributed by atoms with Gasteiger partial charge in [-0.3, -0.25) is 9.59 Å². The summed E-state index contributed by atoms with van der Waals surface area (Å²) in [6.07, 6.45) is 0.0572. The molecule has 0 heterocycles. The first-order chi connectivity index (χ1) is 6.99. The lowest BCUT2D eigenvalue weighted by Crippen LogP contribution is -2.23. The summed E-state index contributed by atoms with van der Waals surface area (Å²) in [5.41, 5.74) is 0. The van der Waals surface area contributed by atoms with Gasteiger partial charge >= 0.3 is 11.9 Å². The van der Waals surface area contributed by atoms with Crippen molar-refractivity contribution in [3.05, 3.63) is 0 Å². The van der Waals surface area contributed by atoms with E-state index in [4.69, 9.17) is 9.84 Å². The van der Waals surface area contributed by atoms with Crippen molar-refractivity contribution in [1.82, 2.24) is 0 Å². The summed E-state index contributed by atoms with van der Waals surface area (Å²) in [4.78, 5) is 32.0. The van der Waals surface area contributed by atoms with Gasteiger partial charge in [0.05, 0.1) is 7.11 Å². The number of Topliss-reactive ketones (excluding diaryl/α,β-unsaturated/α-hetero) is 1. The Hall–Kier alpha value is -1.43. The minimum Gasteiger partial charge on any atom is -0.481 e. The molecule has 0 radical (unpaired) electrons. The van der Waals surface area contributed by atoms with Crippen LogP contribution in [0.15, 0.2) is 0 Å². The molecule has 0 aliphatic carbocycles. The number of rotatable bonds is 7. The summed E-state index contributed by atoms with van der Waals surface area (Å²) in [6.45, 7) is 1.01. The van der Waals surface area contributed by atoms with Gasteiger partial charge in [0.25, 0.3) is 0 Å². The highest BCUT2D eigenvalue weighted by Crippen LogP contribution is 2.05. The summed E-state index contributed by atoms with van der Waals surface area (Å²) in [6, 6.07) is 0. The molecule has 0 aromatic heterocycles. The van der Waals surface area contributed by atoms with Crippen LogP contribution < -0.4 is 0 Å². The van der Waals surface area contributed by atoms with Gasteiger partial charge in [-0.15, -0.1) is 0 Å². The van der Waals surface area contributed by atoms with Crippen LogP contribution in [0.25, 0.3) is 0 Å². The molecular formula is C9H14O6. The largest absolute Gasteiger partial charge is 0.481 e. The topological polar surface area (TPSA) is 89.9 Å². The van der Waals surface area contributed by atoms with Crippen LogP contribution in [-0.4, -0.2) is 43.2 Å². The Labute approximate surface area is 87.2 Å². The van der Waals surface area contributed by atoms with E-state index in [-0.39, 0.29) is 19.6 Å². The average Bonchev–Trinajstić information content (AvgIpc) is 2.15. The highest BCUT2D eigenvalue weighted by atomic mass is 16.6. The Kier molecular flexibility index (Phi) is 6.28. The maximum Gasteiger partial charge on any atom is 0.331 e. The normalized spacial score (nSPS) is 11.9. The second-order valence-electron chi connectivity index (χ2n) is 2.92. The fourth-order valence-electron chi connectivity index (χ4n) is 0.916. The maximum absolute atomic E-state index is 10.8. The molecule has 15 heavy (non-hydrogen) atoms. The van der Waals surface area contributed by atoms with Crippen molar-refractivity contribution in [2.45, 2.75) is 13.3 Å². The van der Waals surface area contributed by atoms with Crippen molar-refractivity contribution in [1.29, 1.82) is 0 Å². The second-order valence-corrected chi connectivity index (χ2v) is 2.92. The lowest BCUT2D eigenvalue weighted by molar-refractivity contribution is -0.147. The number of esters is 1. The Morgan fingerprint density at radius 3 is 2.33 bits per heavy atom. The SMILES string of the molecule is COC(=O)COCCC(C(C)=O)C(=O)O. The molecule has 0 saturated carbocycles. The van der Waals surface area contributed by atoms with E-state index in [1.165, 1.54) is 14.0 Å². The number of aliphatic carboxylic acids is 1. The van der Waals surface area contributed by atoms with Crippen molar-refractivity contribution in [2.75, 3.05) is 20.3 Å². The number of ether oxygens (including phenoxy) is 2.